The SMILES string of the molecule is CC12CCC(=O)N1C(C(=O)N1CCC(C3OCCO3)CC1)CS2. The number of hydrogen-bond acceptors (Lipinski definition) is 5. The Balaban J connectivity index is 1.38. The van der Waals surface area contributed by atoms with E-state index in [2.05, 4.69) is 6.92 Å². The van der Waals surface area contributed by atoms with Crippen molar-refractivity contribution in [1.82, 2.24) is 9.80 Å². The quantitative estimate of drug-likeness (QED) is 0.752. The lowest BCUT2D eigenvalue weighted by Gasteiger charge is -2.37. The first-order chi connectivity index (χ1) is 11.1. The molecule has 4 heterocycles. The van der Waals surface area contributed by atoms with Gasteiger partial charge in [0.15, 0.2) is 6.29 Å². The highest BCUT2D eigenvalue weighted by Gasteiger charge is 2.53. The summed E-state index contributed by atoms with van der Waals surface area (Å²) in [5, 5.41) is 0. The van der Waals surface area contributed by atoms with Crippen LogP contribution in [0.3, 0.4) is 0 Å². The molecule has 4 fully saturated rings. The predicted octanol–water partition coefficient (Wildman–Crippen LogP) is 1.05. The lowest BCUT2D eigenvalue weighted by Crippen LogP contribution is -2.53. The number of piperidine rings is 1. The monoisotopic (exact) mass is 340 g/mol. The molecule has 0 spiro atoms. The van der Waals surface area contributed by atoms with Crippen LogP contribution in [-0.4, -0.2) is 70.9 Å². The van der Waals surface area contributed by atoms with E-state index >= 15 is 0 Å². The molecule has 2 amide bonds. The van der Waals surface area contributed by atoms with Crippen LogP contribution in [0.15, 0.2) is 0 Å². The maximum atomic E-state index is 12.9. The van der Waals surface area contributed by atoms with Gasteiger partial charge < -0.3 is 19.3 Å². The second kappa shape index (κ2) is 5.93. The van der Waals surface area contributed by atoms with Gasteiger partial charge in [-0.25, -0.2) is 0 Å². The molecular weight excluding hydrogens is 316 g/mol. The molecule has 4 aliphatic rings. The van der Waals surface area contributed by atoms with Crippen LogP contribution < -0.4 is 0 Å². The first-order valence-electron chi connectivity index (χ1n) is 8.57. The van der Waals surface area contributed by atoms with E-state index in [1.54, 1.807) is 11.8 Å². The highest BCUT2D eigenvalue weighted by Crippen LogP contribution is 2.47. The number of rotatable bonds is 2. The average molecular weight is 340 g/mol. The number of fused-ring (bicyclic) bond motifs is 1. The Morgan fingerprint density at radius 2 is 1.96 bits per heavy atom. The van der Waals surface area contributed by atoms with Crippen LogP contribution in [0, 0.1) is 5.92 Å². The number of amides is 2. The largest absolute Gasteiger partial charge is 0.350 e. The molecule has 0 saturated carbocycles. The molecule has 0 aliphatic carbocycles. The molecule has 4 rings (SSSR count). The molecule has 0 bridgehead atoms. The van der Waals surface area contributed by atoms with Gasteiger partial charge >= 0.3 is 0 Å². The summed E-state index contributed by atoms with van der Waals surface area (Å²) in [6.07, 6.45) is 3.19. The first kappa shape index (κ1) is 15.7. The third kappa shape index (κ3) is 2.66. The number of likely N-dealkylation sites (tertiary alicyclic amines) is 1. The molecular formula is C16H24N2O4S. The molecule has 4 saturated heterocycles. The molecule has 2 atom stereocenters. The Bertz CT molecular complexity index is 502. The van der Waals surface area contributed by atoms with Gasteiger partial charge in [0.05, 0.1) is 18.1 Å². The molecule has 0 aromatic heterocycles. The summed E-state index contributed by atoms with van der Waals surface area (Å²) in [6.45, 7) is 4.94. The van der Waals surface area contributed by atoms with Crippen LogP contribution >= 0.6 is 11.8 Å². The van der Waals surface area contributed by atoms with Gasteiger partial charge in [-0.05, 0) is 26.2 Å². The molecule has 128 valence electrons. The highest BCUT2D eigenvalue weighted by atomic mass is 32.2. The maximum Gasteiger partial charge on any atom is 0.246 e. The zero-order chi connectivity index (χ0) is 16.0. The van der Waals surface area contributed by atoms with Crippen molar-refractivity contribution in [2.24, 2.45) is 5.92 Å². The molecule has 6 nitrogen and oxygen atoms in total. The number of carbonyl (C=O) groups is 2. The van der Waals surface area contributed by atoms with Crippen molar-refractivity contribution >= 4 is 23.6 Å². The van der Waals surface area contributed by atoms with Gasteiger partial charge in [0.25, 0.3) is 0 Å². The number of thioether (sulfide) groups is 1. The minimum atomic E-state index is -0.268. The number of hydrogen-bond donors (Lipinski definition) is 0. The molecule has 0 aromatic rings. The van der Waals surface area contributed by atoms with Crippen LogP contribution in [0.4, 0.5) is 0 Å². The topological polar surface area (TPSA) is 59.1 Å². The second-order valence-electron chi connectivity index (χ2n) is 7.04. The minimum Gasteiger partial charge on any atom is -0.350 e. The van der Waals surface area contributed by atoms with Crippen molar-refractivity contribution in [3.63, 3.8) is 0 Å². The summed E-state index contributed by atoms with van der Waals surface area (Å²) < 4.78 is 11.2. The lowest BCUT2D eigenvalue weighted by atomic mass is 9.95. The fourth-order valence-corrected chi connectivity index (χ4v) is 5.68. The number of carbonyl (C=O) groups excluding carboxylic acids is 2. The first-order valence-corrected chi connectivity index (χ1v) is 9.55. The zero-order valence-corrected chi connectivity index (χ0v) is 14.3. The third-order valence-corrected chi connectivity index (χ3v) is 7.12. The second-order valence-corrected chi connectivity index (χ2v) is 8.54. The third-order valence-electron chi connectivity index (χ3n) is 5.61. The van der Waals surface area contributed by atoms with Crippen LogP contribution in [0.1, 0.15) is 32.6 Å². The Hall–Kier alpha value is -0.790. The molecule has 0 N–H and O–H groups in total. The zero-order valence-electron chi connectivity index (χ0n) is 13.5. The van der Waals surface area contributed by atoms with Crippen LogP contribution in [0.2, 0.25) is 0 Å². The van der Waals surface area contributed by atoms with Crippen molar-refractivity contribution < 1.29 is 19.1 Å². The summed E-state index contributed by atoms with van der Waals surface area (Å²) in [5.74, 6) is 1.38. The van der Waals surface area contributed by atoms with E-state index in [1.165, 1.54) is 0 Å². The molecule has 7 heteroatoms. The Labute approximate surface area is 140 Å². The minimum absolute atomic E-state index is 0.0854. The summed E-state index contributed by atoms with van der Waals surface area (Å²) in [7, 11) is 0. The summed E-state index contributed by atoms with van der Waals surface area (Å²) >= 11 is 1.76. The van der Waals surface area contributed by atoms with Crippen LogP contribution in [0.5, 0.6) is 0 Å². The van der Waals surface area contributed by atoms with E-state index in [0.717, 1.165) is 38.1 Å². The van der Waals surface area contributed by atoms with Gasteiger partial charge in [-0.1, -0.05) is 0 Å². The van der Waals surface area contributed by atoms with Gasteiger partial charge in [0.2, 0.25) is 11.8 Å². The van der Waals surface area contributed by atoms with Crippen molar-refractivity contribution in [3.8, 4) is 0 Å². The van der Waals surface area contributed by atoms with E-state index in [-0.39, 0.29) is 29.0 Å². The molecule has 4 aliphatic heterocycles. The smallest absolute Gasteiger partial charge is 0.246 e. The normalized spacial score (nSPS) is 36.0. The summed E-state index contributed by atoms with van der Waals surface area (Å²) in [6, 6.07) is -0.268. The molecule has 2 unspecified atom stereocenters. The van der Waals surface area contributed by atoms with E-state index < -0.39 is 0 Å². The Morgan fingerprint density at radius 3 is 2.65 bits per heavy atom. The summed E-state index contributed by atoms with van der Waals surface area (Å²) in [4.78, 5) is 28.7. The number of ether oxygens (including phenoxy) is 2. The van der Waals surface area contributed by atoms with E-state index in [1.807, 2.05) is 9.80 Å². The summed E-state index contributed by atoms with van der Waals surface area (Å²) in [5.41, 5.74) is 0. The number of nitrogens with zero attached hydrogens (tertiary/aromatic N) is 2. The molecule has 0 aromatic carbocycles. The highest BCUT2D eigenvalue weighted by molar-refractivity contribution is 8.01. The average Bonchev–Trinajstić information content (AvgIpc) is 3.26. The Morgan fingerprint density at radius 1 is 1.26 bits per heavy atom. The lowest BCUT2D eigenvalue weighted by molar-refractivity contribution is -0.147. The van der Waals surface area contributed by atoms with E-state index in [4.69, 9.17) is 9.47 Å². The van der Waals surface area contributed by atoms with Crippen molar-refractivity contribution in [1.29, 1.82) is 0 Å². The molecule has 23 heavy (non-hydrogen) atoms. The molecule has 0 radical (unpaired) electrons. The fraction of sp³-hybridized carbons (Fsp3) is 0.875. The van der Waals surface area contributed by atoms with Crippen molar-refractivity contribution in [2.45, 2.75) is 49.8 Å². The van der Waals surface area contributed by atoms with Gasteiger partial charge in [-0.15, -0.1) is 11.8 Å². The van der Waals surface area contributed by atoms with Crippen LogP contribution in [0.25, 0.3) is 0 Å². The van der Waals surface area contributed by atoms with E-state index in [9.17, 15) is 9.59 Å². The maximum absolute atomic E-state index is 12.9. The predicted molar refractivity (Wildman–Crippen MR) is 85.7 cm³/mol. The van der Waals surface area contributed by atoms with Gasteiger partial charge in [-0.2, -0.15) is 0 Å². The van der Waals surface area contributed by atoms with Gasteiger partial charge in [0.1, 0.15) is 6.04 Å². The fourth-order valence-electron chi connectivity index (χ4n) is 4.26. The Kier molecular flexibility index (Phi) is 4.06. The van der Waals surface area contributed by atoms with Crippen molar-refractivity contribution in [3.05, 3.63) is 0 Å². The van der Waals surface area contributed by atoms with E-state index in [0.29, 0.717) is 25.6 Å². The van der Waals surface area contributed by atoms with Crippen LogP contribution in [-0.2, 0) is 19.1 Å². The van der Waals surface area contributed by atoms with Gasteiger partial charge in [0, 0.05) is 31.2 Å². The van der Waals surface area contributed by atoms with Crippen molar-refractivity contribution in [2.75, 3.05) is 32.1 Å². The standard InChI is InChI=1S/C16H24N2O4S/c1-16-5-2-13(19)18(16)12(10-23-16)14(20)17-6-3-11(4-7-17)15-21-8-9-22-15/h11-12,15H,2-10H2,1H3. The van der Waals surface area contributed by atoms with Gasteiger partial charge in [-0.3, -0.25) is 9.59 Å².